The first-order chi connectivity index (χ1) is 28.8. The summed E-state index contributed by atoms with van der Waals surface area (Å²) < 4.78 is 2.47. The average Bonchev–Trinajstić information content (AvgIpc) is 3.84. The SMILES string of the molecule is C1=CC(c2ccc3c(c2)c2cc(-c4ccccc4-c4ccccn4)ccc2n3-c2ccc3c(c2)-c2cc(-c4ccccc4)ccc2C3)=C(c2ccccn2)CC1.CC. The number of rotatable bonds is 6. The highest BCUT2D eigenvalue weighted by Crippen LogP contribution is 2.44. The molecule has 3 heterocycles. The molecule has 0 fully saturated rings. The Morgan fingerprint density at radius 3 is 1.83 bits per heavy atom. The summed E-state index contributed by atoms with van der Waals surface area (Å²) in [5.74, 6) is 0. The maximum Gasteiger partial charge on any atom is 0.0708 e. The number of hydrogen-bond acceptors (Lipinski definition) is 2. The van der Waals surface area contributed by atoms with E-state index in [2.05, 4.69) is 168 Å². The highest BCUT2D eigenvalue weighted by molar-refractivity contribution is 6.12. The highest BCUT2D eigenvalue weighted by Gasteiger charge is 2.23. The van der Waals surface area contributed by atoms with Gasteiger partial charge in [-0.3, -0.25) is 9.97 Å². The molecule has 3 nitrogen and oxygen atoms in total. The van der Waals surface area contributed by atoms with Crippen molar-refractivity contribution in [1.82, 2.24) is 14.5 Å². The summed E-state index contributed by atoms with van der Waals surface area (Å²) in [6.45, 7) is 4.00. The molecule has 278 valence electrons. The van der Waals surface area contributed by atoms with Gasteiger partial charge in [0.1, 0.15) is 0 Å². The maximum atomic E-state index is 4.78. The van der Waals surface area contributed by atoms with Gasteiger partial charge in [-0.15, -0.1) is 0 Å². The zero-order valence-electron chi connectivity index (χ0n) is 32.9. The van der Waals surface area contributed by atoms with Crippen molar-refractivity contribution >= 4 is 33.0 Å². The lowest BCUT2D eigenvalue weighted by Crippen LogP contribution is -1.98. The van der Waals surface area contributed by atoms with Gasteiger partial charge < -0.3 is 4.57 Å². The van der Waals surface area contributed by atoms with Crippen LogP contribution in [-0.2, 0) is 6.42 Å². The Labute approximate surface area is 340 Å². The lowest BCUT2D eigenvalue weighted by Gasteiger charge is -2.16. The van der Waals surface area contributed by atoms with Crippen molar-refractivity contribution < 1.29 is 0 Å². The smallest absolute Gasteiger partial charge is 0.0708 e. The van der Waals surface area contributed by atoms with E-state index in [0.29, 0.717) is 0 Å². The first kappa shape index (κ1) is 35.3. The van der Waals surface area contributed by atoms with Gasteiger partial charge in [-0.25, -0.2) is 0 Å². The van der Waals surface area contributed by atoms with Crippen LogP contribution in [0.2, 0.25) is 0 Å². The molecular weight excluding hydrogens is 703 g/mol. The zero-order valence-corrected chi connectivity index (χ0v) is 32.9. The molecule has 0 aliphatic heterocycles. The minimum absolute atomic E-state index is 0.955. The molecule has 0 bridgehead atoms. The van der Waals surface area contributed by atoms with Crippen LogP contribution in [0.5, 0.6) is 0 Å². The summed E-state index contributed by atoms with van der Waals surface area (Å²) in [7, 11) is 0. The Balaban J connectivity index is 0.00000201. The quantitative estimate of drug-likeness (QED) is 0.170. The first-order valence-corrected chi connectivity index (χ1v) is 20.5. The number of aromatic nitrogens is 3. The Hall–Kier alpha value is -7.10. The van der Waals surface area contributed by atoms with Gasteiger partial charge in [0.25, 0.3) is 0 Å². The number of nitrogens with zero attached hydrogens (tertiary/aromatic N) is 3. The third kappa shape index (κ3) is 6.17. The minimum atomic E-state index is 0.955. The van der Waals surface area contributed by atoms with Crippen molar-refractivity contribution in [2.45, 2.75) is 33.1 Å². The van der Waals surface area contributed by atoms with Crippen LogP contribution in [0.25, 0.3) is 83.3 Å². The zero-order chi connectivity index (χ0) is 39.0. The third-order valence-corrected chi connectivity index (χ3v) is 11.6. The summed E-state index contributed by atoms with van der Waals surface area (Å²) in [6.07, 6.45) is 11.3. The Kier molecular flexibility index (Phi) is 9.20. The molecule has 0 saturated carbocycles. The lowest BCUT2D eigenvalue weighted by atomic mass is 9.89. The van der Waals surface area contributed by atoms with Gasteiger partial charge in [-0.1, -0.05) is 123 Å². The molecule has 0 saturated heterocycles. The van der Waals surface area contributed by atoms with Gasteiger partial charge in [0.15, 0.2) is 0 Å². The number of benzene rings is 6. The fourth-order valence-electron chi connectivity index (χ4n) is 8.96. The van der Waals surface area contributed by atoms with Crippen molar-refractivity contribution in [3.8, 4) is 50.3 Å². The summed E-state index contributed by atoms with van der Waals surface area (Å²) in [6, 6.07) is 59.7. The molecule has 0 amide bonds. The number of allylic oxidation sites excluding steroid dienone is 4. The van der Waals surface area contributed by atoms with Crippen molar-refractivity contribution in [2.24, 2.45) is 0 Å². The van der Waals surface area contributed by atoms with Crippen LogP contribution in [0.3, 0.4) is 0 Å². The fourth-order valence-corrected chi connectivity index (χ4v) is 8.96. The van der Waals surface area contributed by atoms with Gasteiger partial charge >= 0.3 is 0 Å². The molecular formula is C55H43N3. The summed E-state index contributed by atoms with van der Waals surface area (Å²) in [5.41, 5.74) is 20.7. The van der Waals surface area contributed by atoms with Crippen molar-refractivity contribution in [3.63, 3.8) is 0 Å². The molecule has 0 unspecified atom stereocenters. The topological polar surface area (TPSA) is 30.7 Å². The van der Waals surface area contributed by atoms with Crippen LogP contribution >= 0.6 is 0 Å². The van der Waals surface area contributed by atoms with E-state index < -0.39 is 0 Å². The van der Waals surface area contributed by atoms with Crippen molar-refractivity contribution in [2.75, 3.05) is 0 Å². The van der Waals surface area contributed by atoms with Gasteiger partial charge in [0, 0.05) is 34.4 Å². The van der Waals surface area contributed by atoms with E-state index >= 15 is 0 Å². The third-order valence-electron chi connectivity index (χ3n) is 11.6. The predicted molar refractivity (Wildman–Crippen MR) is 244 cm³/mol. The largest absolute Gasteiger partial charge is 0.309 e. The van der Waals surface area contributed by atoms with Crippen molar-refractivity contribution in [1.29, 1.82) is 0 Å². The second-order valence-corrected chi connectivity index (χ2v) is 14.9. The minimum Gasteiger partial charge on any atom is -0.309 e. The van der Waals surface area contributed by atoms with Crippen molar-refractivity contribution in [3.05, 3.63) is 211 Å². The summed E-state index contributed by atoms with van der Waals surface area (Å²) in [5, 5.41) is 2.45. The van der Waals surface area contributed by atoms with Crippen LogP contribution in [0.4, 0.5) is 0 Å². The molecule has 0 atom stereocenters. The van der Waals surface area contributed by atoms with Crippen LogP contribution < -0.4 is 0 Å². The molecule has 0 spiro atoms. The predicted octanol–water partition coefficient (Wildman–Crippen LogP) is 14.4. The van der Waals surface area contributed by atoms with Crippen LogP contribution in [0.1, 0.15) is 49.1 Å². The lowest BCUT2D eigenvalue weighted by molar-refractivity contribution is 1.04. The second-order valence-electron chi connectivity index (χ2n) is 14.9. The van der Waals surface area contributed by atoms with Gasteiger partial charge in [0.2, 0.25) is 0 Å². The van der Waals surface area contributed by atoms with Gasteiger partial charge in [-0.05, 0) is 147 Å². The van der Waals surface area contributed by atoms with Gasteiger partial charge in [-0.2, -0.15) is 0 Å². The van der Waals surface area contributed by atoms with Crippen LogP contribution in [0, 0.1) is 0 Å². The highest BCUT2D eigenvalue weighted by atomic mass is 15.0. The molecule has 0 radical (unpaired) electrons. The molecule has 9 aromatic rings. The van der Waals surface area contributed by atoms with Gasteiger partial charge in [0.05, 0.1) is 22.4 Å². The maximum absolute atomic E-state index is 4.78. The first-order valence-electron chi connectivity index (χ1n) is 20.5. The van der Waals surface area contributed by atoms with E-state index in [1.807, 2.05) is 38.4 Å². The standard InChI is InChI=1S/C53H37N3.C2H6/c1-2-12-35(13-3-1)36-20-21-37-30-38-22-25-41(34-47(38)46(37)31-36)56-52-26-23-39(42-14-4-6-16-44(42)50-18-8-10-28-54-50)32-48(52)49-33-40(24-27-53(49)56)43-15-5-7-17-45(43)51-19-9-11-29-55-51;1-2/h1-6,8-16,18-29,31-34H,7,17,30H2;1-2H3. The molecule has 2 aliphatic rings. The summed E-state index contributed by atoms with van der Waals surface area (Å²) >= 11 is 0. The molecule has 2 aliphatic carbocycles. The van der Waals surface area contributed by atoms with Crippen LogP contribution in [-0.4, -0.2) is 14.5 Å². The van der Waals surface area contributed by atoms with E-state index in [-0.39, 0.29) is 0 Å². The Morgan fingerprint density at radius 1 is 0.466 bits per heavy atom. The van der Waals surface area contributed by atoms with E-state index in [1.54, 1.807) is 0 Å². The second kappa shape index (κ2) is 15.1. The van der Waals surface area contributed by atoms with E-state index in [1.165, 1.54) is 88.7 Å². The Morgan fingerprint density at radius 2 is 1.09 bits per heavy atom. The average molecular weight is 746 g/mol. The molecule has 3 aromatic heterocycles. The number of pyridine rings is 2. The molecule has 11 rings (SSSR count). The summed E-state index contributed by atoms with van der Waals surface area (Å²) in [4.78, 5) is 9.51. The van der Waals surface area contributed by atoms with E-state index in [0.717, 1.165) is 36.2 Å². The molecule has 3 heteroatoms. The molecule has 6 aromatic carbocycles. The number of hydrogen-bond donors (Lipinski definition) is 0. The fraction of sp³-hybridized carbons (Fsp3) is 0.0909. The Bertz CT molecular complexity index is 3020. The monoisotopic (exact) mass is 745 g/mol. The molecule has 0 N–H and O–H groups in total. The van der Waals surface area contributed by atoms with E-state index in [9.17, 15) is 0 Å². The van der Waals surface area contributed by atoms with E-state index in [4.69, 9.17) is 9.97 Å². The van der Waals surface area contributed by atoms with Crippen LogP contribution in [0.15, 0.2) is 188 Å². The molecule has 58 heavy (non-hydrogen) atoms. The normalized spacial score (nSPS) is 13.0. The number of fused-ring (bicyclic) bond motifs is 6.